The van der Waals surface area contributed by atoms with Crippen LogP contribution in [-0.4, -0.2) is 55.0 Å². The highest BCUT2D eigenvalue weighted by atomic mass is 16.6. The van der Waals surface area contributed by atoms with Gasteiger partial charge in [0.25, 0.3) is 5.91 Å². The number of hydrogen-bond acceptors (Lipinski definition) is 7. The van der Waals surface area contributed by atoms with Gasteiger partial charge in [0.05, 0.1) is 12.7 Å². The number of aromatic nitrogens is 3. The molecule has 0 saturated carbocycles. The lowest BCUT2D eigenvalue weighted by Gasteiger charge is -2.22. The average Bonchev–Trinajstić information content (AvgIpc) is 2.74. The van der Waals surface area contributed by atoms with Crippen LogP contribution in [0, 0.1) is 0 Å². The summed E-state index contributed by atoms with van der Waals surface area (Å²) in [5.74, 6) is -1.06. The number of carbonyl (C=O) groups is 1. The van der Waals surface area contributed by atoms with Crippen molar-refractivity contribution in [1.29, 1.82) is 0 Å². The average molecular weight is 246 g/mol. The fraction of sp³-hybridized carbons (Fsp3) is 0.625. The molecule has 0 aliphatic carbocycles. The normalized spacial score (nSPS) is 16.5. The van der Waals surface area contributed by atoms with Crippen molar-refractivity contribution >= 4 is 5.91 Å². The van der Waals surface area contributed by atoms with Crippen LogP contribution in [0.1, 0.15) is 23.8 Å². The van der Waals surface area contributed by atoms with Gasteiger partial charge in [0.15, 0.2) is 12.5 Å². The van der Waals surface area contributed by atoms with Gasteiger partial charge < -0.3 is 25.8 Å². The minimum Gasteiger partial charge on any atom is -0.391 e. The van der Waals surface area contributed by atoms with Gasteiger partial charge in [-0.25, -0.2) is 9.67 Å². The molecule has 1 unspecified atom stereocenters. The molecule has 1 amide bonds. The van der Waals surface area contributed by atoms with E-state index < -0.39 is 31.1 Å². The number of hydrogen-bond donors (Lipinski definition) is 4. The third kappa shape index (κ3) is 3.46. The molecule has 5 N–H and O–H groups in total. The van der Waals surface area contributed by atoms with Gasteiger partial charge in [-0.2, -0.15) is 0 Å². The van der Waals surface area contributed by atoms with Gasteiger partial charge >= 0.3 is 0 Å². The van der Waals surface area contributed by atoms with E-state index >= 15 is 0 Å². The standard InChI is InChI=1S/C8H14N4O5/c1-4(14)8(17-5(15)2-13)12-3-10-7(11-12)6(9)16/h3-5,8,13-15H,2H2,1H3,(H2,9,16)/t4-,5?,8+/m0/s1. The maximum absolute atomic E-state index is 10.8. The predicted octanol–water partition coefficient (Wildman–Crippen LogP) is -2.42. The number of rotatable bonds is 6. The summed E-state index contributed by atoms with van der Waals surface area (Å²) in [5.41, 5.74) is 4.96. The van der Waals surface area contributed by atoms with E-state index in [0.29, 0.717) is 0 Å². The minimum absolute atomic E-state index is 0.238. The lowest BCUT2D eigenvalue weighted by molar-refractivity contribution is -0.206. The highest BCUT2D eigenvalue weighted by molar-refractivity contribution is 5.88. The number of primary amides is 1. The Bertz CT molecular complexity index is 380. The number of ether oxygens (including phenoxy) is 1. The predicted molar refractivity (Wildman–Crippen MR) is 53.4 cm³/mol. The summed E-state index contributed by atoms with van der Waals surface area (Å²) < 4.78 is 5.94. The van der Waals surface area contributed by atoms with Crippen molar-refractivity contribution in [3.63, 3.8) is 0 Å². The summed E-state index contributed by atoms with van der Waals surface area (Å²) >= 11 is 0. The van der Waals surface area contributed by atoms with E-state index in [0.717, 1.165) is 11.0 Å². The molecule has 0 aromatic carbocycles. The fourth-order valence-electron chi connectivity index (χ4n) is 1.11. The van der Waals surface area contributed by atoms with Crippen molar-refractivity contribution < 1.29 is 24.9 Å². The molecule has 0 radical (unpaired) electrons. The molecule has 17 heavy (non-hydrogen) atoms. The Morgan fingerprint density at radius 3 is 2.71 bits per heavy atom. The zero-order chi connectivity index (χ0) is 13.0. The SMILES string of the molecule is C[C@H](O)[C@@H](OC(O)CO)n1cnc(C(N)=O)n1. The number of carbonyl (C=O) groups excluding carboxylic acids is 1. The molecule has 9 nitrogen and oxygen atoms in total. The van der Waals surface area contributed by atoms with Gasteiger partial charge in [-0.15, -0.1) is 5.10 Å². The number of nitrogens with two attached hydrogens (primary N) is 1. The molecule has 1 aromatic heterocycles. The smallest absolute Gasteiger partial charge is 0.288 e. The Labute approximate surface area is 96.4 Å². The van der Waals surface area contributed by atoms with Crippen LogP contribution in [0.5, 0.6) is 0 Å². The Kier molecular flexibility index (Phi) is 4.52. The molecule has 96 valence electrons. The Morgan fingerprint density at radius 2 is 2.29 bits per heavy atom. The number of aliphatic hydroxyl groups excluding tert-OH is 3. The van der Waals surface area contributed by atoms with E-state index in [1.54, 1.807) is 0 Å². The molecule has 3 atom stereocenters. The highest BCUT2D eigenvalue weighted by Gasteiger charge is 2.23. The molecule has 1 rings (SSSR count). The molecule has 0 fully saturated rings. The summed E-state index contributed by atoms with van der Waals surface area (Å²) in [6, 6.07) is 0. The number of nitrogens with zero attached hydrogens (tertiary/aromatic N) is 3. The lowest BCUT2D eigenvalue weighted by atomic mass is 10.3. The summed E-state index contributed by atoms with van der Waals surface area (Å²) in [6.45, 7) is 0.751. The first-order valence-corrected chi connectivity index (χ1v) is 4.79. The molecule has 1 aromatic rings. The van der Waals surface area contributed by atoms with Gasteiger partial charge in [0, 0.05) is 0 Å². The van der Waals surface area contributed by atoms with Crippen molar-refractivity contribution in [3.8, 4) is 0 Å². The Hall–Kier alpha value is -1.55. The molecule has 0 saturated heterocycles. The highest BCUT2D eigenvalue weighted by Crippen LogP contribution is 2.14. The zero-order valence-electron chi connectivity index (χ0n) is 9.09. The lowest BCUT2D eigenvalue weighted by Crippen LogP contribution is -2.31. The first kappa shape index (κ1) is 13.5. The second-order valence-corrected chi connectivity index (χ2v) is 3.32. The molecule has 1 heterocycles. The summed E-state index contributed by atoms with van der Waals surface area (Å²) in [6.07, 6.45) is -2.48. The molecule has 0 aliphatic heterocycles. The Balaban J connectivity index is 2.85. The summed E-state index contributed by atoms with van der Waals surface area (Å²) in [4.78, 5) is 14.4. The first-order chi connectivity index (χ1) is 7.95. The number of amides is 1. The number of aliphatic hydroxyl groups is 3. The van der Waals surface area contributed by atoms with Crippen LogP contribution < -0.4 is 5.73 Å². The second-order valence-electron chi connectivity index (χ2n) is 3.32. The third-order valence-electron chi connectivity index (χ3n) is 1.86. The topological polar surface area (TPSA) is 144 Å². The van der Waals surface area contributed by atoms with Crippen LogP contribution in [0.25, 0.3) is 0 Å². The monoisotopic (exact) mass is 246 g/mol. The van der Waals surface area contributed by atoms with Gasteiger partial charge in [-0.3, -0.25) is 4.79 Å². The van der Waals surface area contributed by atoms with Crippen LogP contribution in [0.4, 0.5) is 0 Å². The van der Waals surface area contributed by atoms with E-state index in [1.807, 2.05) is 0 Å². The van der Waals surface area contributed by atoms with Crippen LogP contribution in [0.15, 0.2) is 6.33 Å². The second kappa shape index (κ2) is 5.68. The van der Waals surface area contributed by atoms with Crippen LogP contribution in [-0.2, 0) is 4.74 Å². The van der Waals surface area contributed by atoms with E-state index in [4.69, 9.17) is 20.7 Å². The van der Waals surface area contributed by atoms with Crippen molar-refractivity contribution in [2.45, 2.75) is 25.5 Å². The molecular formula is C8H14N4O5. The van der Waals surface area contributed by atoms with E-state index in [9.17, 15) is 9.90 Å². The maximum Gasteiger partial charge on any atom is 0.288 e. The van der Waals surface area contributed by atoms with E-state index in [-0.39, 0.29) is 5.82 Å². The van der Waals surface area contributed by atoms with Gasteiger partial charge in [-0.1, -0.05) is 0 Å². The minimum atomic E-state index is -1.48. The molecule has 0 aliphatic rings. The first-order valence-electron chi connectivity index (χ1n) is 4.79. The summed E-state index contributed by atoms with van der Waals surface area (Å²) in [7, 11) is 0. The van der Waals surface area contributed by atoms with Gasteiger partial charge in [0.1, 0.15) is 6.33 Å². The van der Waals surface area contributed by atoms with Crippen LogP contribution in [0.2, 0.25) is 0 Å². The zero-order valence-corrected chi connectivity index (χ0v) is 9.09. The molecule has 9 heteroatoms. The largest absolute Gasteiger partial charge is 0.391 e. The van der Waals surface area contributed by atoms with Crippen molar-refractivity contribution in [1.82, 2.24) is 14.8 Å². The summed E-state index contributed by atoms with van der Waals surface area (Å²) in [5, 5.41) is 30.9. The molecular weight excluding hydrogens is 232 g/mol. The fourth-order valence-corrected chi connectivity index (χ4v) is 1.11. The van der Waals surface area contributed by atoms with Crippen molar-refractivity contribution in [3.05, 3.63) is 12.2 Å². The van der Waals surface area contributed by atoms with Gasteiger partial charge in [0.2, 0.25) is 5.82 Å². The third-order valence-corrected chi connectivity index (χ3v) is 1.86. The van der Waals surface area contributed by atoms with Crippen molar-refractivity contribution in [2.75, 3.05) is 6.61 Å². The maximum atomic E-state index is 10.8. The quantitative estimate of drug-likeness (QED) is 0.409. The van der Waals surface area contributed by atoms with Crippen molar-refractivity contribution in [2.24, 2.45) is 5.73 Å². The van der Waals surface area contributed by atoms with Gasteiger partial charge in [-0.05, 0) is 6.92 Å². The Morgan fingerprint density at radius 1 is 1.65 bits per heavy atom. The molecule has 0 bridgehead atoms. The van der Waals surface area contributed by atoms with Crippen LogP contribution in [0.3, 0.4) is 0 Å². The van der Waals surface area contributed by atoms with Crippen LogP contribution >= 0.6 is 0 Å². The van der Waals surface area contributed by atoms with E-state index in [1.165, 1.54) is 6.92 Å². The van der Waals surface area contributed by atoms with E-state index in [2.05, 4.69) is 10.1 Å². The molecule has 0 spiro atoms.